The summed E-state index contributed by atoms with van der Waals surface area (Å²) in [6.07, 6.45) is 1.46. The van der Waals surface area contributed by atoms with E-state index >= 15 is 0 Å². The van der Waals surface area contributed by atoms with Crippen LogP contribution in [0.2, 0.25) is 0 Å². The van der Waals surface area contributed by atoms with E-state index in [0.29, 0.717) is 23.7 Å². The summed E-state index contributed by atoms with van der Waals surface area (Å²) in [5.74, 6) is 0.490. The van der Waals surface area contributed by atoms with Crippen molar-refractivity contribution in [1.82, 2.24) is 15.0 Å². The van der Waals surface area contributed by atoms with Crippen LogP contribution in [0.5, 0.6) is 11.5 Å². The molecular weight excluding hydrogens is 262 g/mol. The molecule has 0 fully saturated rings. The molecule has 0 atom stereocenters. The average molecular weight is 277 g/mol. The molecule has 0 unspecified atom stereocenters. The molecule has 106 valence electrons. The van der Waals surface area contributed by atoms with Gasteiger partial charge in [-0.2, -0.15) is 0 Å². The van der Waals surface area contributed by atoms with Crippen molar-refractivity contribution in [3.05, 3.63) is 35.7 Å². The molecule has 0 saturated heterocycles. The number of hydrogen-bond donors (Lipinski definition) is 1. The van der Waals surface area contributed by atoms with Crippen LogP contribution in [-0.2, 0) is 17.8 Å². The van der Waals surface area contributed by atoms with Crippen LogP contribution in [-0.4, -0.2) is 40.3 Å². The second kappa shape index (κ2) is 6.05. The molecule has 0 radical (unpaired) electrons. The second-order valence-electron chi connectivity index (χ2n) is 4.16. The van der Waals surface area contributed by atoms with Crippen LogP contribution < -0.4 is 9.47 Å². The van der Waals surface area contributed by atoms with Gasteiger partial charge in [-0.1, -0.05) is 5.21 Å². The fraction of sp³-hybridized carbons (Fsp3) is 0.308. The molecule has 0 bridgehead atoms. The van der Waals surface area contributed by atoms with Gasteiger partial charge in [0.25, 0.3) is 0 Å². The lowest BCUT2D eigenvalue weighted by molar-refractivity contribution is -0.136. The number of carboxylic acid groups (broad SMARTS) is 1. The predicted octanol–water partition coefficient (Wildman–Crippen LogP) is 0.971. The van der Waals surface area contributed by atoms with Crippen LogP contribution in [0.3, 0.4) is 0 Å². The smallest absolute Gasteiger partial charge is 0.309 e. The highest BCUT2D eigenvalue weighted by molar-refractivity contribution is 5.69. The number of ether oxygens (including phenoxy) is 2. The van der Waals surface area contributed by atoms with Gasteiger partial charge in [-0.3, -0.25) is 4.79 Å². The van der Waals surface area contributed by atoms with E-state index < -0.39 is 5.97 Å². The Morgan fingerprint density at radius 1 is 1.35 bits per heavy atom. The molecule has 0 amide bonds. The van der Waals surface area contributed by atoms with Gasteiger partial charge in [-0.15, -0.1) is 5.10 Å². The van der Waals surface area contributed by atoms with Gasteiger partial charge in [0.1, 0.15) is 11.5 Å². The molecule has 1 aromatic heterocycles. The van der Waals surface area contributed by atoms with Crippen LogP contribution >= 0.6 is 0 Å². The zero-order chi connectivity index (χ0) is 14.5. The quantitative estimate of drug-likeness (QED) is 0.846. The van der Waals surface area contributed by atoms with Crippen molar-refractivity contribution in [2.75, 3.05) is 14.2 Å². The summed E-state index contributed by atoms with van der Waals surface area (Å²) < 4.78 is 12.0. The number of carbonyl (C=O) groups is 1. The van der Waals surface area contributed by atoms with Gasteiger partial charge in [0.15, 0.2) is 0 Å². The lowest BCUT2D eigenvalue weighted by atomic mass is 10.2. The Balaban J connectivity index is 2.20. The number of aromatic nitrogens is 3. The standard InChI is InChI=1S/C13H15N3O4/c1-19-11-3-4-12(20-2)9(5-11)7-16-8-10(14-15-16)6-13(17)18/h3-5,8H,6-7H2,1-2H3,(H,17,18). The molecule has 2 rings (SSSR count). The zero-order valence-corrected chi connectivity index (χ0v) is 11.2. The summed E-state index contributed by atoms with van der Waals surface area (Å²) in [5, 5.41) is 16.4. The minimum absolute atomic E-state index is 0.144. The van der Waals surface area contributed by atoms with Crippen molar-refractivity contribution in [2.24, 2.45) is 0 Å². The van der Waals surface area contributed by atoms with E-state index in [1.54, 1.807) is 31.2 Å². The van der Waals surface area contributed by atoms with Crippen LogP contribution in [0.4, 0.5) is 0 Å². The van der Waals surface area contributed by atoms with Gasteiger partial charge >= 0.3 is 5.97 Å². The summed E-state index contributed by atoms with van der Waals surface area (Å²) in [6, 6.07) is 5.46. The molecule has 0 aliphatic rings. The molecule has 7 nitrogen and oxygen atoms in total. The van der Waals surface area contributed by atoms with Crippen molar-refractivity contribution in [1.29, 1.82) is 0 Å². The van der Waals surface area contributed by atoms with Crippen LogP contribution in [0.25, 0.3) is 0 Å². The maximum atomic E-state index is 10.6. The summed E-state index contributed by atoms with van der Waals surface area (Å²) in [6.45, 7) is 0.424. The van der Waals surface area contributed by atoms with Crippen molar-refractivity contribution >= 4 is 5.97 Å². The van der Waals surface area contributed by atoms with Gasteiger partial charge in [0, 0.05) is 11.8 Å². The first-order chi connectivity index (χ1) is 9.62. The molecule has 0 aliphatic heterocycles. The third-order valence-corrected chi connectivity index (χ3v) is 2.74. The molecular formula is C13H15N3O4. The van der Waals surface area contributed by atoms with Gasteiger partial charge in [-0.25, -0.2) is 4.68 Å². The maximum Gasteiger partial charge on any atom is 0.309 e. The normalized spacial score (nSPS) is 10.3. The van der Waals surface area contributed by atoms with Crippen molar-refractivity contribution in [2.45, 2.75) is 13.0 Å². The lowest BCUT2D eigenvalue weighted by Gasteiger charge is -2.10. The number of methoxy groups -OCH3 is 2. The van der Waals surface area contributed by atoms with E-state index in [0.717, 1.165) is 5.56 Å². The fourth-order valence-electron chi connectivity index (χ4n) is 1.83. The van der Waals surface area contributed by atoms with Gasteiger partial charge in [0.05, 0.1) is 32.9 Å². The molecule has 1 N–H and O–H groups in total. The Kier molecular flexibility index (Phi) is 4.19. The number of carboxylic acids is 1. The highest BCUT2D eigenvalue weighted by Gasteiger charge is 2.09. The maximum absolute atomic E-state index is 10.6. The minimum atomic E-state index is -0.934. The first kappa shape index (κ1) is 13.9. The van der Waals surface area contributed by atoms with E-state index in [1.165, 1.54) is 0 Å². The van der Waals surface area contributed by atoms with E-state index in [1.807, 2.05) is 12.1 Å². The lowest BCUT2D eigenvalue weighted by Crippen LogP contribution is -2.03. The zero-order valence-electron chi connectivity index (χ0n) is 11.2. The Bertz CT molecular complexity index is 609. The molecule has 0 saturated carbocycles. The number of nitrogens with zero attached hydrogens (tertiary/aromatic N) is 3. The van der Waals surface area contributed by atoms with Crippen LogP contribution in [0, 0.1) is 0 Å². The van der Waals surface area contributed by atoms with E-state index in [2.05, 4.69) is 10.3 Å². The fourth-order valence-corrected chi connectivity index (χ4v) is 1.83. The molecule has 20 heavy (non-hydrogen) atoms. The number of rotatable bonds is 6. The largest absolute Gasteiger partial charge is 0.497 e. The molecule has 7 heteroatoms. The average Bonchev–Trinajstić information content (AvgIpc) is 2.85. The van der Waals surface area contributed by atoms with Gasteiger partial charge in [0.2, 0.25) is 0 Å². The first-order valence-electron chi connectivity index (χ1n) is 5.94. The highest BCUT2D eigenvalue weighted by Crippen LogP contribution is 2.24. The predicted molar refractivity (Wildman–Crippen MR) is 70.0 cm³/mol. The van der Waals surface area contributed by atoms with Crippen LogP contribution in [0.1, 0.15) is 11.3 Å². The van der Waals surface area contributed by atoms with Gasteiger partial charge in [-0.05, 0) is 18.2 Å². The minimum Gasteiger partial charge on any atom is -0.497 e. The van der Waals surface area contributed by atoms with Crippen molar-refractivity contribution in [3.63, 3.8) is 0 Å². The summed E-state index contributed by atoms with van der Waals surface area (Å²) in [4.78, 5) is 10.6. The summed E-state index contributed by atoms with van der Waals surface area (Å²) in [5.41, 5.74) is 1.29. The molecule has 0 aliphatic carbocycles. The molecule has 1 heterocycles. The topological polar surface area (TPSA) is 86.5 Å². The number of aliphatic carboxylic acids is 1. The molecule has 0 spiro atoms. The third kappa shape index (κ3) is 3.25. The van der Waals surface area contributed by atoms with Gasteiger partial charge < -0.3 is 14.6 Å². The molecule has 2 aromatic rings. The summed E-state index contributed by atoms with van der Waals surface area (Å²) >= 11 is 0. The Morgan fingerprint density at radius 2 is 2.15 bits per heavy atom. The van der Waals surface area contributed by atoms with Crippen LogP contribution in [0.15, 0.2) is 24.4 Å². The monoisotopic (exact) mass is 277 g/mol. The van der Waals surface area contributed by atoms with E-state index in [4.69, 9.17) is 14.6 Å². The SMILES string of the molecule is COc1ccc(OC)c(Cn2cc(CC(=O)O)nn2)c1. The third-order valence-electron chi connectivity index (χ3n) is 2.74. The number of benzene rings is 1. The highest BCUT2D eigenvalue weighted by atomic mass is 16.5. The Labute approximate surface area is 115 Å². The Hall–Kier alpha value is -2.57. The van der Waals surface area contributed by atoms with Crippen molar-refractivity contribution < 1.29 is 19.4 Å². The number of hydrogen-bond acceptors (Lipinski definition) is 5. The Morgan fingerprint density at radius 3 is 2.80 bits per heavy atom. The van der Waals surface area contributed by atoms with E-state index in [-0.39, 0.29) is 6.42 Å². The van der Waals surface area contributed by atoms with E-state index in [9.17, 15) is 4.79 Å². The first-order valence-corrected chi connectivity index (χ1v) is 5.94. The van der Waals surface area contributed by atoms with Crippen molar-refractivity contribution in [3.8, 4) is 11.5 Å². The summed E-state index contributed by atoms with van der Waals surface area (Å²) in [7, 11) is 3.18. The molecule has 1 aromatic carbocycles. The second-order valence-corrected chi connectivity index (χ2v) is 4.16.